The van der Waals surface area contributed by atoms with Crippen LogP contribution in [0.3, 0.4) is 0 Å². The Kier molecular flexibility index (Phi) is 6.41. The summed E-state index contributed by atoms with van der Waals surface area (Å²) >= 11 is 0. The third-order valence-corrected chi connectivity index (χ3v) is 3.24. The Hall–Kier alpha value is -1.56. The van der Waals surface area contributed by atoms with Gasteiger partial charge in [-0.05, 0) is 20.8 Å². The molecule has 1 heterocycles. The first-order valence-electron chi connectivity index (χ1n) is 7.70. The maximum Gasteiger partial charge on any atom is 0.216 e. The van der Waals surface area contributed by atoms with E-state index in [2.05, 4.69) is 41.4 Å². The normalized spacial score (nSPS) is 13.3. The Morgan fingerprint density at radius 3 is 2.45 bits per heavy atom. The van der Waals surface area contributed by atoms with Crippen molar-refractivity contribution in [1.82, 2.24) is 15.6 Å². The molecule has 1 aromatic heterocycles. The van der Waals surface area contributed by atoms with E-state index in [1.807, 2.05) is 20.8 Å². The summed E-state index contributed by atoms with van der Waals surface area (Å²) in [6, 6.07) is 0. The van der Waals surface area contributed by atoms with Gasteiger partial charge in [-0.3, -0.25) is 0 Å². The van der Waals surface area contributed by atoms with Crippen LogP contribution in [0.4, 0.5) is 0 Å². The van der Waals surface area contributed by atoms with Gasteiger partial charge in [0.2, 0.25) is 5.89 Å². The van der Waals surface area contributed by atoms with Crippen molar-refractivity contribution in [3.63, 3.8) is 0 Å². The number of rotatable bonds is 6. The van der Waals surface area contributed by atoms with Crippen molar-refractivity contribution in [1.29, 1.82) is 0 Å². The van der Waals surface area contributed by atoms with Crippen LogP contribution in [0.15, 0.2) is 15.6 Å². The van der Waals surface area contributed by atoms with E-state index in [1.165, 1.54) is 0 Å². The summed E-state index contributed by atoms with van der Waals surface area (Å²) in [6.07, 6.45) is 1.78. The summed E-state index contributed by atoms with van der Waals surface area (Å²) < 4.78 is 11.1. The van der Waals surface area contributed by atoms with Crippen LogP contribution in [0.25, 0.3) is 0 Å². The summed E-state index contributed by atoms with van der Waals surface area (Å²) in [4.78, 5) is 8.78. The highest BCUT2D eigenvalue weighted by Crippen LogP contribution is 2.22. The first-order chi connectivity index (χ1) is 10.2. The number of aromatic nitrogens is 1. The Balaban J connectivity index is 2.67. The Labute approximate surface area is 133 Å². The summed E-state index contributed by atoms with van der Waals surface area (Å²) in [6.45, 7) is 14.2. The first kappa shape index (κ1) is 18.5. The van der Waals surface area contributed by atoms with E-state index in [4.69, 9.17) is 9.15 Å². The summed E-state index contributed by atoms with van der Waals surface area (Å²) in [7, 11) is 1.70. The third kappa shape index (κ3) is 6.05. The second-order valence-corrected chi connectivity index (χ2v) is 6.88. The molecule has 0 radical (unpaired) electrons. The zero-order valence-corrected chi connectivity index (χ0v) is 14.9. The van der Waals surface area contributed by atoms with Crippen LogP contribution >= 0.6 is 0 Å². The topological polar surface area (TPSA) is 71.7 Å². The molecule has 0 fully saturated rings. The number of aliphatic imine (C=N–C) groups is 1. The van der Waals surface area contributed by atoms with Crippen LogP contribution in [-0.4, -0.2) is 36.7 Å². The summed E-state index contributed by atoms with van der Waals surface area (Å²) in [5, 5.41) is 6.46. The number of oxazole rings is 1. The molecule has 2 N–H and O–H groups in total. The predicted molar refractivity (Wildman–Crippen MR) is 89.1 cm³/mol. The van der Waals surface area contributed by atoms with Gasteiger partial charge in [-0.1, -0.05) is 20.8 Å². The molecule has 0 aliphatic rings. The average molecular weight is 310 g/mol. The van der Waals surface area contributed by atoms with Crippen molar-refractivity contribution in [2.45, 2.75) is 59.1 Å². The molecular formula is C16H30N4O2. The van der Waals surface area contributed by atoms with E-state index < -0.39 is 0 Å². The standard InChI is InChI=1S/C16H30N4O2/c1-8-17-14(20-11-16(5,6)21-7)19-10-13-18-9-12(22-13)15(2,3)4/h9H,8,10-11H2,1-7H3,(H2,17,19,20). The van der Waals surface area contributed by atoms with Crippen LogP contribution in [0, 0.1) is 0 Å². The van der Waals surface area contributed by atoms with Gasteiger partial charge in [0.15, 0.2) is 5.96 Å². The number of ether oxygens (including phenoxy) is 1. The molecule has 0 spiro atoms. The lowest BCUT2D eigenvalue weighted by Crippen LogP contribution is -2.45. The lowest BCUT2D eigenvalue weighted by molar-refractivity contribution is 0.0268. The number of guanidine groups is 1. The Bertz CT molecular complexity index is 487. The van der Waals surface area contributed by atoms with Gasteiger partial charge in [-0.25, -0.2) is 9.98 Å². The Morgan fingerprint density at radius 1 is 1.27 bits per heavy atom. The van der Waals surface area contributed by atoms with Crippen LogP contribution < -0.4 is 10.6 Å². The minimum atomic E-state index is -0.251. The Morgan fingerprint density at radius 2 is 1.95 bits per heavy atom. The SMILES string of the molecule is CCNC(=NCc1ncc(C(C)(C)C)o1)NCC(C)(C)OC. The highest BCUT2D eigenvalue weighted by Gasteiger charge is 2.19. The predicted octanol–water partition coefficient (Wildman–Crippen LogP) is 2.45. The monoisotopic (exact) mass is 310 g/mol. The molecule has 0 amide bonds. The van der Waals surface area contributed by atoms with Crippen molar-refractivity contribution in [3.05, 3.63) is 17.8 Å². The van der Waals surface area contributed by atoms with Crippen molar-refractivity contribution >= 4 is 5.96 Å². The molecule has 6 heteroatoms. The summed E-state index contributed by atoms with van der Waals surface area (Å²) in [5.41, 5.74) is -0.293. The fourth-order valence-corrected chi connectivity index (χ4v) is 1.59. The van der Waals surface area contributed by atoms with E-state index in [0.717, 1.165) is 18.3 Å². The van der Waals surface area contributed by atoms with E-state index in [9.17, 15) is 0 Å². The number of hydrogen-bond acceptors (Lipinski definition) is 4. The molecule has 0 atom stereocenters. The van der Waals surface area contributed by atoms with Crippen molar-refractivity contribution in [2.24, 2.45) is 4.99 Å². The largest absolute Gasteiger partial charge is 0.443 e. The minimum absolute atomic E-state index is 0.0415. The molecule has 0 saturated carbocycles. The molecule has 0 aromatic carbocycles. The van der Waals surface area contributed by atoms with E-state index in [-0.39, 0.29) is 11.0 Å². The van der Waals surface area contributed by atoms with Gasteiger partial charge in [-0.15, -0.1) is 0 Å². The van der Waals surface area contributed by atoms with Gasteiger partial charge in [0, 0.05) is 25.6 Å². The molecule has 0 bridgehead atoms. The second kappa shape index (κ2) is 7.63. The molecule has 6 nitrogen and oxygen atoms in total. The summed E-state index contributed by atoms with van der Waals surface area (Å²) in [5.74, 6) is 2.22. The molecule has 0 unspecified atom stereocenters. The number of nitrogens with one attached hydrogen (secondary N) is 2. The van der Waals surface area contributed by atoms with Gasteiger partial charge in [0.25, 0.3) is 0 Å². The quantitative estimate of drug-likeness (QED) is 0.624. The van der Waals surface area contributed by atoms with E-state index in [1.54, 1.807) is 13.3 Å². The molecule has 0 aliphatic heterocycles. The molecule has 0 aliphatic carbocycles. The van der Waals surface area contributed by atoms with Gasteiger partial charge in [0.1, 0.15) is 12.3 Å². The van der Waals surface area contributed by atoms with Crippen LogP contribution in [0.2, 0.25) is 0 Å². The van der Waals surface area contributed by atoms with Gasteiger partial charge >= 0.3 is 0 Å². The zero-order valence-electron chi connectivity index (χ0n) is 14.9. The molecule has 22 heavy (non-hydrogen) atoms. The number of methoxy groups -OCH3 is 1. The van der Waals surface area contributed by atoms with E-state index in [0.29, 0.717) is 19.0 Å². The van der Waals surface area contributed by atoms with Crippen LogP contribution in [-0.2, 0) is 16.7 Å². The minimum Gasteiger partial charge on any atom is -0.443 e. The van der Waals surface area contributed by atoms with Crippen molar-refractivity contribution in [2.75, 3.05) is 20.2 Å². The highest BCUT2D eigenvalue weighted by atomic mass is 16.5. The van der Waals surface area contributed by atoms with Gasteiger partial charge in [-0.2, -0.15) is 0 Å². The molecule has 1 aromatic rings. The lowest BCUT2D eigenvalue weighted by Gasteiger charge is -2.24. The van der Waals surface area contributed by atoms with Crippen molar-refractivity contribution < 1.29 is 9.15 Å². The van der Waals surface area contributed by atoms with Crippen LogP contribution in [0.5, 0.6) is 0 Å². The average Bonchev–Trinajstić information content (AvgIpc) is 2.91. The molecule has 126 valence electrons. The van der Waals surface area contributed by atoms with Crippen molar-refractivity contribution in [3.8, 4) is 0 Å². The molecule has 0 saturated heterocycles. The maximum atomic E-state index is 5.74. The van der Waals surface area contributed by atoms with Gasteiger partial charge in [0.05, 0.1) is 11.8 Å². The smallest absolute Gasteiger partial charge is 0.216 e. The molecular weight excluding hydrogens is 280 g/mol. The number of hydrogen-bond donors (Lipinski definition) is 2. The fourth-order valence-electron chi connectivity index (χ4n) is 1.59. The number of nitrogens with zero attached hydrogens (tertiary/aromatic N) is 2. The molecule has 1 rings (SSSR count). The highest BCUT2D eigenvalue weighted by molar-refractivity contribution is 5.79. The maximum absolute atomic E-state index is 5.74. The van der Waals surface area contributed by atoms with E-state index >= 15 is 0 Å². The third-order valence-electron chi connectivity index (χ3n) is 3.24. The van der Waals surface area contributed by atoms with Gasteiger partial charge < -0.3 is 19.8 Å². The first-order valence-corrected chi connectivity index (χ1v) is 7.70. The zero-order chi connectivity index (χ0) is 16.8. The fraction of sp³-hybridized carbons (Fsp3) is 0.750. The van der Waals surface area contributed by atoms with Crippen LogP contribution in [0.1, 0.15) is 53.2 Å². The second-order valence-electron chi connectivity index (χ2n) is 6.88. The lowest BCUT2D eigenvalue weighted by atomic mass is 9.94.